The number of esters is 2. The smallest absolute Gasteiger partial charge is 0.309 e. The number of hydrogen-bond acceptors (Lipinski definition) is 4. The minimum absolute atomic E-state index is 0.256. The molecule has 0 radical (unpaired) electrons. The number of carbonyl (C=O) groups excluding carboxylic acids is 2. The second-order valence-corrected chi connectivity index (χ2v) is 5.99. The van der Waals surface area contributed by atoms with Crippen LogP contribution in [0.15, 0.2) is 0 Å². The van der Waals surface area contributed by atoms with Gasteiger partial charge in [0.2, 0.25) is 0 Å². The lowest BCUT2D eigenvalue weighted by atomic mass is 10.6. The van der Waals surface area contributed by atoms with Gasteiger partial charge in [0.05, 0.1) is 26.5 Å². The lowest BCUT2D eigenvalue weighted by molar-refractivity contribution is -0.137. The van der Waals surface area contributed by atoms with E-state index in [9.17, 15) is 9.59 Å². The maximum atomic E-state index is 11.0. The van der Waals surface area contributed by atoms with Crippen LogP contribution in [0, 0.1) is 0 Å². The Morgan fingerprint density at radius 1 is 1.07 bits per heavy atom. The molecule has 0 heterocycles. The first-order chi connectivity index (χ1) is 6.51. The highest BCUT2D eigenvalue weighted by Crippen LogP contribution is 2.40. The summed E-state index contributed by atoms with van der Waals surface area (Å²) in [7, 11) is 2.05. The summed E-state index contributed by atoms with van der Waals surface area (Å²) >= 11 is 0. The summed E-state index contributed by atoms with van der Waals surface area (Å²) in [6, 6.07) is 0. The minimum atomic E-state index is -0.659. The van der Waals surface area contributed by atoms with E-state index < -0.39 is 7.92 Å². The molecule has 0 aromatic carbocycles. The predicted octanol–water partition coefficient (Wildman–Crippen LogP) is 1.22. The van der Waals surface area contributed by atoms with Crippen molar-refractivity contribution in [1.29, 1.82) is 0 Å². The van der Waals surface area contributed by atoms with E-state index in [4.69, 9.17) is 0 Å². The van der Waals surface area contributed by atoms with Gasteiger partial charge in [0.15, 0.2) is 0 Å². The van der Waals surface area contributed by atoms with E-state index in [1.807, 2.05) is 13.8 Å². The Bertz CT molecular complexity index is 185. The molecule has 5 heteroatoms. The highest BCUT2D eigenvalue weighted by molar-refractivity contribution is 7.60. The minimum Gasteiger partial charge on any atom is -0.469 e. The summed E-state index contributed by atoms with van der Waals surface area (Å²) in [5.74, 6) is -0.512. The molecule has 0 aliphatic carbocycles. The molecule has 0 fully saturated rings. The monoisotopic (exact) mass is 220 g/mol. The molecular weight excluding hydrogens is 203 g/mol. The average molecular weight is 220 g/mol. The topological polar surface area (TPSA) is 52.6 Å². The van der Waals surface area contributed by atoms with Crippen LogP contribution in [0.5, 0.6) is 0 Å². The van der Waals surface area contributed by atoms with Gasteiger partial charge in [-0.05, 0) is 5.66 Å². The summed E-state index contributed by atoms with van der Waals surface area (Å²) < 4.78 is 9.14. The van der Waals surface area contributed by atoms with Gasteiger partial charge < -0.3 is 9.47 Å². The highest BCUT2D eigenvalue weighted by Gasteiger charge is 2.20. The first-order valence-electron chi connectivity index (χ1n) is 4.39. The standard InChI is InChI=1S/C9H17O4P/c1-7(2)14(5-8(10)12-3)6-9(11)13-4/h7H,5-6H2,1-4H3. The van der Waals surface area contributed by atoms with Crippen molar-refractivity contribution in [3.63, 3.8) is 0 Å². The van der Waals surface area contributed by atoms with Crippen LogP contribution in [0.2, 0.25) is 0 Å². The van der Waals surface area contributed by atoms with Crippen molar-refractivity contribution >= 4 is 19.9 Å². The molecule has 0 unspecified atom stereocenters. The number of rotatable bonds is 5. The highest BCUT2D eigenvalue weighted by atomic mass is 31.1. The van der Waals surface area contributed by atoms with Gasteiger partial charge in [-0.25, -0.2) is 0 Å². The molecule has 14 heavy (non-hydrogen) atoms. The van der Waals surface area contributed by atoms with Crippen molar-refractivity contribution in [3.05, 3.63) is 0 Å². The number of carbonyl (C=O) groups is 2. The molecular formula is C9H17O4P. The average Bonchev–Trinajstić information content (AvgIpc) is 2.16. The molecule has 0 amide bonds. The number of methoxy groups -OCH3 is 2. The Kier molecular flexibility index (Phi) is 6.46. The van der Waals surface area contributed by atoms with E-state index in [1.165, 1.54) is 14.2 Å². The van der Waals surface area contributed by atoms with Crippen molar-refractivity contribution in [2.45, 2.75) is 19.5 Å². The van der Waals surface area contributed by atoms with Gasteiger partial charge in [-0.3, -0.25) is 9.59 Å². The zero-order valence-electron chi connectivity index (χ0n) is 9.07. The Labute approximate surface area is 85.7 Å². The van der Waals surface area contributed by atoms with E-state index in [0.29, 0.717) is 18.0 Å². The van der Waals surface area contributed by atoms with E-state index >= 15 is 0 Å². The molecule has 0 rings (SSSR count). The Hall–Kier alpha value is -0.630. The van der Waals surface area contributed by atoms with Crippen LogP contribution in [0.25, 0.3) is 0 Å². The summed E-state index contributed by atoms with van der Waals surface area (Å²) in [4.78, 5) is 22.1. The molecule has 0 aromatic heterocycles. The third kappa shape index (κ3) is 5.18. The van der Waals surface area contributed by atoms with Crippen LogP contribution in [0.3, 0.4) is 0 Å². The maximum Gasteiger partial charge on any atom is 0.309 e. The van der Waals surface area contributed by atoms with Crippen LogP contribution in [-0.2, 0) is 19.1 Å². The Balaban J connectivity index is 4.16. The molecule has 4 nitrogen and oxygen atoms in total. The summed E-state index contributed by atoms with van der Waals surface area (Å²) in [5.41, 5.74) is 0.322. The third-order valence-electron chi connectivity index (χ3n) is 1.85. The Morgan fingerprint density at radius 3 is 1.64 bits per heavy atom. The summed E-state index contributed by atoms with van der Waals surface area (Å²) in [5, 5.41) is 0. The fourth-order valence-corrected chi connectivity index (χ4v) is 2.65. The Morgan fingerprint density at radius 2 is 1.43 bits per heavy atom. The summed E-state index contributed by atoms with van der Waals surface area (Å²) in [6.07, 6.45) is 0.664. The largest absolute Gasteiger partial charge is 0.469 e. The molecule has 0 atom stereocenters. The van der Waals surface area contributed by atoms with Crippen molar-refractivity contribution < 1.29 is 19.1 Å². The zero-order chi connectivity index (χ0) is 11.1. The zero-order valence-corrected chi connectivity index (χ0v) is 9.97. The van der Waals surface area contributed by atoms with E-state index in [2.05, 4.69) is 9.47 Å². The van der Waals surface area contributed by atoms with Crippen LogP contribution in [-0.4, -0.2) is 44.1 Å². The molecule has 0 N–H and O–H groups in total. The fourth-order valence-electron chi connectivity index (χ4n) is 0.882. The third-order valence-corrected chi connectivity index (χ3v) is 4.64. The lowest BCUT2D eigenvalue weighted by Gasteiger charge is -2.18. The molecule has 0 spiro atoms. The second-order valence-electron chi connectivity index (χ2n) is 3.15. The molecule has 0 saturated heterocycles. The van der Waals surface area contributed by atoms with Gasteiger partial charge in [0.1, 0.15) is 0 Å². The number of hydrogen-bond donors (Lipinski definition) is 0. The summed E-state index contributed by atoms with van der Waals surface area (Å²) in [6.45, 7) is 4.00. The van der Waals surface area contributed by atoms with Gasteiger partial charge in [-0.2, -0.15) is 0 Å². The quantitative estimate of drug-likeness (QED) is 0.516. The van der Waals surface area contributed by atoms with Crippen molar-refractivity contribution in [1.82, 2.24) is 0 Å². The fraction of sp³-hybridized carbons (Fsp3) is 0.778. The van der Waals surface area contributed by atoms with E-state index in [0.717, 1.165) is 0 Å². The lowest BCUT2D eigenvalue weighted by Crippen LogP contribution is -2.16. The van der Waals surface area contributed by atoms with Crippen LogP contribution in [0.1, 0.15) is 13.8 Å². The first-order valence-corrected chi connectivity index (χ1v) is 6.17. The van der Waals surface area contributed by atoms with Crippen molar-refractivity contribution in [3.8, 4) is 0 Å². The molecule has 0 aliphatic heterocycles. The van der Waals surface area contributed by atoms with Gasteiger partial charge in [-0.1, -0.05) is 21.8 Å². The van der Waals surface area contributed by atoms with Crippen LogP contribution < -0.4 is 0 Å². The number of ether oxygens (including phenoxy) is 2. The molecule has 0 aromatic rings. The second kappa shape index (κ2) is 6.77. The SMILES string of the molecule is COC(=O)CP(CC(=O)OC)C(C)C. The van der Waals surface area contributed by atoms with E-state index in [-0.39, 0.29) is 11.9 Å². The van der Waals surface area contributed by atoms with Gasteiger partial charge in [-0.15, -0.1) is 0 Å². The van der Waals surface area contributed by atoms with E-state index in [1.54, 1.807) is 0 Å². The normalized spacial score (nSPS) is 10.4. The van der Waals surface area contributed by atoms with Crippen LogP contribution in [0.4, 0.5) is 0 Å². The van der Waals surface area contributed by atoms with Crippen molar-refractivity contribution in [2.24, 2.45) is 0 Å². The molecule has 0 aliphatic rings. The van der Waals surface area contributed by atoms with Gasteiger partial charge in [0.25, 0.3) is 0 Å². The maximum absolute atomic E-state index is 11.0. The van der Waals surface area contributed by atoms with Crippen molar-refractivity contribution in [2.75, 3.05) is 26.5 Å². The predicted molar refractivity (Wildman–Crippen MR) is 55.8 cm³/mol. The molecule has 82 valence electrons. The molecule has 0 saturated carbocycles. The van der Waals surface area contributed by atoms with Crippen LogP contribution >= 0.6 is 7.92 Å². The van der Waals surface area contributed by atoms with Gasteiger partial charge >= 0.3 is 11.9 Å². The van der Waals surface area contributed by atoms with Gasteiger partial charge in [0, 0.05) is 0 Å². The molecule has 0 bridgehead atoms. The first kappa shape index (κ1) is 13.4.